The number of nitrogens with zero attached hydrogens (tertiary/aromatic N) is 1. The van der Waals surface area contributed by atoms with Gasteiger partial charge in [0.1, 0.15) is 6.04 Å². The SMILES string of the molecule is C=C(C)[C@H]1CN(O)[C@H](C(=O)O)[C@H]1CC(=O)O. The van der Waals surface area contributed by atoms with Crippen molar-refractivity contribution < 1.29 is 25.0 Å². The van der Waals surface area contributed by atoms with E-state index < -0.39 is 23.9 Å². The summed E-state index contributed by atoms with van der Waals surface area (Å²) < 4.78 is 0. The molecule has 0 saturated carbocycles. The largest absolute Gasteiger partial charge is 0.481 e. The summed E-state index contributed by atoms with van der Waals surface area (Å²) in [7, 11) is 0. The minimum Gasteiger partial charge on any atom is -0.481 e. The summed E-state index contributed by atoms with van der Waals surface area (Å²) in [5.74, 6) is -3.23. The smallest absolute Gasteiger partial charge is 0.323 e. The van der Waals surface area contributed by atoms with Gasteiger partial charge in [-0.25, -0.2) is 0 Å². The maximum Gasteiger partial charge on any atom is 0.323 e. The zero-order valence-corrected chi connectivity index (χ0v) is 8.96. The number of aliphatic carboxylic acids is 2. The second-order valence-corrected chi connectivity index (χ2v) is 4.12. The highest BCUT2D eigenvalue weighted by atomic mass is 16.5. The third-order valence-corrected chi connectivity index (χ3v) is 2.92. The Bertz CT molecular complexity index is 327. The predicted octanol–water partition coefficient (Wildman–Crippen LogP) is 0.428. The molecule has 6 heteroatoms. The number of rotatable bonds is 4. The van der Waals surface area contributed by atoms with E-state index >= 15 is 0 Å². The first-order valence-electron chi connectivity index (χ1n) is 4.90. The lowest BCUT2D eigenvalue weighted by Gasteiger charge is -2.20. The summed E-state index contributed by atoms with van der Waals surface area (Å²) >= 11 is 0. The minimum atomic E-state index is -1.21. The molecule has 0 radical (unpaired) electrons. The molecule has 1 aliphatic heterocycles. The Balaban J connectivity index is 2.94. The first-order chi connectivity index (χ1) is 7.34. The van der Waals surface area contributed by atoms with Crippen LogP contribution in [0.3, 0.4) is 0 Å². The van der Waals surface area contributed by atoms with E-state index in [1.807, 2.05) is 0 Å². The Morgan fingerprint density at radius 2 is 2.00 bits per heavy atom. The van der Waals surface area contributed by atoms with Crippen molar-refractivity contribution in [3.8, 4) is 0 Å². The van der Waals surface area contributed by atoms with E-state index in [0.717, 1.165) is 0 Å². The lowest BCUT2D eigenvalue weighted by atomic mass is 9.84. The van der Waals surface area contributed by atoms with E-state index in [2.05, 4.69) is 6.58 Å². The van der Waals surface area contributed by atoms with Crippen LogP contribution in [0.25, 0.3) is 0 Å². The van der Waals surface area contributed by atoms with E-state index in [1.54, 1.807) is 6.92 Å². The van der Waals surface area contributed by atoms with Crippen LogP contribution in [-0.2, 0) is 9.59 Å². The maximum atomic E-state index is 10.9. The number of carbonyl (C=O) groups is 2. The topological polar surface area (TPSA) is 98.1 Å². The van der Waals surface area contributed by atoms with E-state index in [0.29, 0.717) is 10.6 Å². The van der Waals surface area contributed by atoms with Crippen molar-refractivity contribution in [3.05, 3.63) is 12.2 Å². The quantitative estimate of drug-likeness (QED) is 0.604. The maximum absolute atomic E-state index is 10.9. The van der Waals surface area contributed by atoms with Crippen LogP contribution < -0.4 is 0 Å². The van der Waals surface area contributed by atoms with Crippen molar-refractivity contribution in [2.45, 2.75) is 19.4 Å². The van der Waals surface area contributed by atoms with Gasteiger partial charge in [-0.05, 0) is 12.8 Å². The Labute approximate surface area is 92.7 Å². The third-order valence-electron chi connectivity index (χ3n) is 2.92. The van der Waals surface area contributed by atoms with Crippen molar-refractivity contribution in [2.75, 3.05) is 6.54 Å². The molecule has 1 heterocycles. The molecule has 6 nitrogen and oxygen atoms in total. The zero-order valence-electron chi connectivity index (χ0n) is 8.96. The Hall–Kier alpha value is -1.40. The van der Waals surface area contributed by atoms with Gasteiger partial charge in [0.25, 0.3) is 0 Å². The van der Waals surface area contributed by atoms with Crippen molar-refractivity contribution in [1.29, 1.82) is 0 Å². The highest BCUT2D eigenvalue weighted by Gasteiger charge is 2.46. The number of carboxylic acids is 2. The first kappa shape index (κ1) is 12.7. The van der Waals surface area contributed by atoms with Crippen LogP contribution in [0.4, 0.5) is 0 Å². The Kier molecular flexibility index (Phi) is 3.66. The molecule has 3 N–H and O–H groups in total. The fraction of sp³-hybridized carbons (Fsp3) is 0.600. The van der Waals surface area contributed by atoms with Crippen molar-refractivity contribution in [2.24, 2.45) is 11.8 Å². The molecule has 0 amide bonds. The summed E-state index contributed by atoms with van der Waals surface area (Å²) in [6.07, 6.45) is -0.286. The average Bonchev–Trinajstić information content (AvgIpc) is 2.41. The fourth-order valence-electron chi connectivity index (χ4n) is 2.18. The third kappa shape index (κ3) is 2.40. The van der Waals surface area contributed by atoms with Gasteiger partial charge in [0.15, 0.2) is 0 Å². The van der Waals surface area contributed by atoms with Crippen molar-refractivity contribution in [3.63, 3.8) is 0 Å². The molecule has 1 fully saturated rings. The summed E-state index contributed by atoms with van der Waals surface area (Å²) in [5.41, 5.74) is 0.689. The van der Waals surface area contributed by atoms with Crippen LogP contribution in [0.1, 0.15) is 13.3 Å². The van der Waals surface area contributed by atoms with Gasteiger partial charge < -0.3 is 15.4 Å². The molecule has 1 rings (SSSR count). The average molecular weight is 229 g/mol. The number of hydroxylamine groups is 2. The standard InChI is InChI=1S/C10H15NO5/c1-5(2)7-4-11(16)9(10(14)15)6(7)3-8(12)13/h6-7,9,16H,1,3-4H2,2H3,(H,12,13)(H,14,15)/t6-,7+,9-/m0/s1. The second kappa shape index (κ2) is 4.63. The van der Waals surface area contributed by atoms with Crippen LogP contribution in [0.5, 0.6) is 0 Å². The van der Waals surface area contributed by atoms with Crippen LogP contribution in [0.15, 0.2) is 12.2 Å². The fourth-order valence-corrected chi connectivity index (χ4v) is 2.18. The Morgan fingerprint density at radius 1 is 1.44 bits per heavy atom. The number of carboxylic acid groups (broad SMARTS) is 2. The summed E-state index contributed by atoms with van der Waals surface area (Å²) in [5, 5.41) is 27.8. The minimum absolute atomic E-state index is 0.115. The molecule has 0 aromatic heterocycles. The molecule has 1 aliphatic rings. The van der Waals surface area contributed by atoms with E-state index in [-0.39, 0.29) is 18.9 Å². The summed E-state index contributed by atoms with van der Waals surface area (Å²) in [6, 6.07) is -1.17. The molecule has 90 valence electrons. The monoisotopic (exact) mass is 229 g/mol. The van der Waals surface area contributed by atoms with Gasteiger partial charge in [-0.1, -0.05) is 12.2 Å². The second-order valence-electron chi connectivity index (χ2n) is 4.12. The van der Waals surface area contributed by atoms with Crippen molar-refractivity contribution >= 4 is 11.9 Å². The van der Waals surface area contributed by atoms with Crippen LogP contribution in [0, 0.1) is 11.8 Å². The van der Waals surface area contributed by atoms with Crippen LogP contribution >= 0.6 is 0 Å². The molecule has 0 bridgehead atoms. The molecular weight excluding hydrogens is 214 g/mol. The number of hydrogen-bond donors (Lipinski definition) is 3. The number of hydrogen-bond acceptors (Lipinski definition) is 4. The van der Waals surface area contributed by atoms with E-state index in [4.69, 9.17) is 10.2 Å². The van der Waals surface area contributed by atoms with Gasteiger partial charge in [0.05, 0.1) is 6.42 Å². The molecule has 3 atom stereocenters. The van der Waals surface area contributed by atoms with E-state index in [9.17, 15) is 14.8 Å². The molecule has 1 saturated heterocycles. The zero-order chi connectivity index (χ0) is 12.5. The normalized spacial score (nSPS) is 30.2. The Morgan fingerprint density at radius 3 is 2.38 bits per heavy atom. The highest BCUT2D eigenvalue weighted by molar-refractivity contribution is 5.76. The lowest BCUT2D eigenvalue weighted by Crippen LogP contribution is -2.38. The molecule has 0 aliphatic carbocycles. The van der Waals surface area contributed by atoms with Gasteiger partial charge in [-0.2, -0.15) is 5.06 Å². The molecule has 0 aromatic rings. The van der Waals surface area contributed by atoms with Crippen LogP contribution in [-0.4, -0.2) is 45.0 Å². The van der Waals surface area contributed by atoms with Gasteiger partial charge in [0.2, 0.25) is 0 Å². The lowest BCUT2D eigenvalue weighted by molar-refractivity contribution is -0.164. The molecule has 16 heavy (non-hydrogen) atoms. The van der Waals surface area contributed by atoms with Gasteiger partial charge >= 0.3 is 11.9 Å². The van der Waals surface area contributed by atoms with Crippen LogP contribution in [0.2, 0.25) is 0 Å². The molecule has 0 aromatic carbocycles. The molecule has 0 unspecified atom stereocenters. The van der Waals surface area contributed by atoms with E-state index in [1.165, 1.54) is 0 Å². The van der Waals surface area contributed by atoms with Gasteiger partial charge in [-0.3, -0.25) is 9.59 Å². The summed E-state index contributed by atoms with van der Waals surface area (Å²) in [6.45, 7) is 5.52. The van der Waals surface area contributed by atoms with Gasteiger partial charge in [-0.15, -0.1) is 0 Å². The predicted molar refractivity (Wildman–Crippen MR) is 54.0 cm³/mol. The van der Waals surface area contributed by atoms with Crippen molar-refractivity contribution in [1.82, 2.24) is 5.06 Å². The molecule has 0 spiro atoms. The summed E-state index contributed by atoms with van der Waals surface area (Å²) in [4.78, 5) is 21.6. The highest BCUT2D eigenvalue weighted by Crippen LogP contribution is 2.35. The molecular formula is C10H15NO5. The van der Waals surface area contributed by atoms with Gasteiger partial charge in [0, 0.05) is 12.5 Å². The first-order valence-corrected chi connectivity index (χ1v) is 4.90.